The van der Waals surface area contributed by atoms with Gasteiger partial charge in [-0.05, 0) is 34.4 Å². The Morgan fingerprint density at radius 3 is 2.44 bits per heavy atom. The molecule has 0 saturated carbocycles. The number of fused-ring (bicyclic) bond motifs is 2. The molecule has 0 saturated heterocycles. The first-order valence-electron chi connectivity index (χ1n) is 5.81. The molecule has 0 aromatic heterocycles. The van der Waals surface area contributed by atoms with Crippen LogP contribution in [0.15, 0.2) is 42.5 Å². The van der Waals surface area contributed by atoms with Gasteiger partial charge in [-0.15, -0.1) is 0 Å². The smallest absolute Gasteiger partial charge is 0.131 e. The number of rotatable bonds is 1. The fourth-order valence-electron chi connectivity index (χ4n) is 2.41. The largest absolute Gasteiger partial charge is 0.302 e. The lowest BCUT2D eigenvalue weighted by molar-refractivity contribution is -0.108. The minimum atomic E-state index is -0.245. The van der Waals surface area contributed by atoms with Crippen molar-refractivity contribution in [2.24, 2.45) is 0 Å². The van der Waals surface area contributed by atoms with Gasteiger partial charge in [-0.3, -0.25) is 0 Å². The van der Waals surface area contributed by atoms with Gasteiger partial charge in [-0.2, -0.15) is 0 Å². The Bertz CT molecular complexity index is 643. The average molecular weight is 255 g/mol. The van der Waals surface area contributed by atoms with Crippen molar-refractivity contribution in [1.29, 1.82) is 0 Å². The fourth-order valence-corrected chi connectivity index (χ4v) is 2.59. The number of aldehydes is 1. The number of carbonyl (C=O) groups excluding carboxylic acids is 1. The first-order chi connectivity index (χ1) is 8.79. The maximum absolute atomic E-state index is 11.5. The highest BCUT2D eigenvalue weighted by molar-refractivity contribution is 6.30. The van der Waals surface area contributed by atoms with Crippen LogP contribution in [-0.4, -0.2) is 6.29 Å². The first kappa shape index (κ1) is 11.2. The van der Waals surface area contributed by atoms with E-state index in [9.17, 15) is 4.79 Å². The third-order valence-electron chi connectivity index (χ3n) is 3.29. The predicted octanol–water partition coefficient (Wildman–Crippen LogP) is 4.15. The minimum Gasteiger partial charge on any atom is -0.302 e. The van der Waals surface area contributed by atoms with Gasteiger partial charge in [0.25, 0.3) is 0 Å². The second kappa shape index (κ2) is 4.43. The van der Waals surface area contributed by atoms with Gasteiger partial charge in [0, 0.05) is 5.02 Å². The van der Waals surface area contributed by atoms with Crippen LogP contribution in [0.5, 0.6) is 0 Å². The Labute approximate surface area is 111 Å². The van der Waals surface area contributed by atoms with Gasteiger partial charge in [0.2, 0.25) is 0 Å². The van der Waals surface area contributed by atoms with Gasteiger partial charge in [-0.25, -0.2) is 0 Å². The molecule has 2 aromatic carbocycles. The topological polar surface area (TPSA) is 17.1 Å². The quantitative estimate of drug-likeness (QED) is 0.699. The molecule has 0 spiro atoms. The lowest BCUT2D eigenvalue weighted by Crippen LogP contribution is -2.04. The number of hydrogen-bond acceptors (Lipinski definition) is 1. The molecule has 88 valence electrons. The lowest BCUT2D eigenvalue weighted by atomic mass is 9.89. The van der Waals surface area contributed by atoms with Crippen LogP contribution in [0.1, 0.15) is 28.2 Å². The van der Waals surface area contributed by atoms with Crippen molar-refractivity contribution in [3.8, 4) is 0 Å². The van der Waals surface area contributed by atoms with E-state index in [1.54, 1.807) is 0 Å². The summed E-state index contributed by atoms with van der Waals surface area (Å²) >= 11 is 6.04. The highest BCUT2D eigenvalue weighted by atomic mass is 35.5. The summed E-state index contributed by atoms with van der Waals surface area (Å²) in [5.41, 5.74) is 4.14. The SMILES string of the molecule is O=C[C@@H]1c2ccccc2C=Cc2ccc(Cl)cc21. The van der Waals surface area contributed by atoms with Gasteiger partial charge < -0.3 is 4.79 Å². The number of halogens is 1. The normalized spacial score (nSPS) is 16.6. The highest BCUT2D eigenvalue weighted by Gasteiger charge is 2.20. The van der Waals surface area contributed by atoms with E-state index in [0.717, 1.165) is 28.5 Å². The van der Waals surface area contributed by atoms with Crippen LogP contribution in [0.3, 0.4) is 0 Å². The summed E-state index contributed by atoms with van der Waals surface area (Å²) in [7, 11) is 0. The van der Waals surface area contributed by atoms with Gasteiger partial charge >= 0.3 is 0 Å². The van der Waals surface area contributed by atoms with Gasteiger partial charge in [0.1, 0.15) is 6.29 Å². The van der Waals surface area contributed by atoms with E-state index in [1.165, 1.54) is 0 Å². The third kappa shape index (κ3) is 1.77. The third-order valence-corrected chi connectivity index (χ3v) is 3.53. The molecule has 3 rings (SSSR count). The zero-order valence-corrected chi connectivity index (χ0v) is 10.4. The van der Waals surface area contributed by atoms with E-state index in [0.29, 0.717) is 5.02 Å². The van der Waals surface area contributed by atoms with Crippen LogP contribution in [0.2, 0.25) is 5.02 Å². The molecule has 18 heavy (non-hydrogen) atoms. The van der Waals surface area contributed by atoms with Crippen LogP contribution in [-0.2, 0) is 4.79 Å². The summed E-state index contributed by atoms with van der Waals surface area (Å²) in [6.45, 7) is 0. The van der Waals surface area contributed by atoms with Gasteiger partial charge in [-0.1, -0.05) is 54.1 Å². The summed E-state index contributed by atoms with van der Waals surface area (Å²) in [6.07, 6.45) is 5.07. The minimum absolute atomic E-state index is 0.245. The second-order valence-corrected chi connectivity index (χ2v) is 4.79. The standard InChI is InChI=1S/C16H11ClO/c17-13-8-7-12-6-5-11-3-1-2-4-14(11)16(10-18)15(12)9-13/h1-10,16H/t16-/m1/s1. The summed E-state index contributed by atoms with van der Waals surface area (Å²) < 4.78 is 0. The molecule has 0 radical (unpaired) electrons. The Balaban J connectivity index is 2.29. The molecule has 2 aromatic rings. The molecular weight excluding hydrogens is 244 g/mol. The number of benzene rings is 2. The predicted molar refractivity (Wildman–Crippen MR) is 74.7 cm³/mol. The first-order valence-corrected chi connectivity index (χ1v) is 6.19. The maximum atomic E-state index is 11.5. The van der Waals surface area contributed by atoms with E-state index in [4.69, 9.17) is 11.6 Å². The molecular formula is C16H11ClO. The molecule has 0 unspecified atom stereocenters. The van der Waals surface area contributed by atoms with Gasteiger partial charge in [0.15, 0.2) is 0 Å². The summed E-state index contributed by atoms with van der Waals surface area (Å²) in [5, 5.41) is 0.661. The van der Waals surface area contributed by atoms with E-state index in [1.807, 2.05) is 54.6 Å². The molecule has 2 heteroatoms. The fraction of sp³-hybridized carbons (Fsp3) is 0.0625. The van der Waals surface area contributed by atoms with E-state index in [2.05, 4.69) is 0 Å². The van der Waals surface area contributed by atoms with E-state index in [-0.39, 0.29) is 5.92 Å². The van der Waals surface area contributed by atoms with Crippen LogP contribution < -0.4 is 0 Å². The number of carbonyl (C=O) groups is 1. The van der Waals surface area contributed by atoms with Crippen molar-refractivity contribution in [2.45, 2.75) is 5.92 Å². The van der Waals surface area contributed by atoms with Crippen molar-refractivity contribution < 1.29 is 4.79 Å². The number of hydrogen-bond donors (Lipinski definition) is 0. The highest BCUT2D eigenvalue weighted by Crippen LogP contribution is 2.34. The molecule has 0 aliphatic heterocycles. The summed E-state index contributed by atoms with van der Waals surface area (Å²) in [5.74, 6) is -0.245. The molecule has 0 fully saturated rings. The van der Waals surface area contributed by atoms with Crippen molar-refractivity contribution in [3.63, 3.8) is 0 Å². The molecule has 0 amide bonds. The van der Waals surface area contributed by atoms with Crippen LogP contribution in [0.25, 0.3) is 12.2 Å². The van der Waals surface area contributed by atoms with Crippen LogP contribution in [0.4, 0.5) is 0 Å². The average Bonchev–Trinajstić information content (AvgIpc) is 2.54. The Morgan fingerprint density at radius 2 is 1.67 bits per heavy atom. The maximum Gasteiger partial charge on any atom is 0.131 e. The summed E-state index contributed by atoms with van der Waals surface area (Å²) in [6, 6.07) is 13.6. The van der Waals surface area contributed by atoms with Crippen molar-refractivity contribution in [2.75, 3.05) is 0 Å². The zero-order chi connectivity index (χ0) is 12.5. The monoisotopic (exact) mass is 254 g/mol. The summed E-state index contributed by atoms with van der Waals surface area (Å²) in [4.78, 5) is 11.5. The van der Waals surface area contributed by atoms with E-state index >= 15 is 0 Å². The van der Waals surface area contributed by atoms with Crippen molar-refractivity contribution in [3.05, 3.63) is 69.7 Å². The molecule has 1 aliphatic carbocycles. The molecule has 0 bridgehead atoms. The Morgan fingerprint density at radius 1 is 0.944 bits per heavy atom. The van der Waals surface area contributed by atoms with Crippen molar-refractivity contribution >= 4 is 30.0 Å². The second-order valence-electron chi connectivity index (χ2n) is 4.35. The Hall–Kier alpha value is -1.86. The van der Waals surface area contributed by atoms with E-state index < -0.39 is 0 Å². The Kier molecular flexibility index (Phi) is 2.77. The molecule has 1 nitrogen and oxygen atoms in total. The molecule has 1 aliphatic rings. The van der Waals surface area contributed by atoms with Crippen LogP contribution in [0, 0.1) is 0 Å². The molecule has 1 atom stereocenters. The zero-order valence-electron chi connectivity index (χ0n) is 9.64. The van der Waals surface area contributed by atoms with Gasteiger partial charge in [0.05, 0.1) is 5.92 Å². The lowest BCUT2D eigenvalue weighted by Gasteiger charge is -2.14. The molecule has 0 heterocycles. The van der Waals surface area contributed by atoms with Crippen LogP contribution >= 0.6 is 11.6 Å². The van der Waals surface area contributed by atoms with Crippen molar-refractivity contribution in [1.82, 2.24) is 0 Å². The molecule has 0 N–H and O–H groups in total.